The molecule has 0 aromatic heterocycles. The summed E-state index contributed by atoms with van der Waals surface area (Å²) in [7, 11) is 0. The second-order valence-electron chi connectivity index (χ2n) is 2.43. The molecule has 0 saturated heterocycles. The van der Waals surface area contributed by atoms with Crippen LogP contribution in [0.1, 0.15) is 18.5 Å². The van der Waals surface area contributed by atoms with Crippen LogP contribution in [0.3, 0.4) is 0 Å². The summed E-state index contributed by atoms with van der Waals surface area (Å²) >= 11 is 11.6. The summed E-state index contributed by atoms with van der Waals surface area (Å²) in [6.45, 7) is 1.87. The van der Waals surface area contributed by atoms with E-state index in [9.17, 15) is 0 Å². The van der Waals surface area contributed by atoms with Crippen LogP contribution < -0.4 is 5.73 Å². The van der Waals surface area contributed by atoms with Gasteiger partial charge in [0.05, 0.1) is 10.0 Å². The van der Waals surface area contributed by atoms with Crippen LogP contribution in [0.5, 0.6) is 0 Å². The molecule has 0 aliphatic heterocycles. The van der Waals surface area contributed by atoms with Gasteiger partial charge in [0.25, 0.3) is 0 Å². The van der Waals surface area contributed by atoms with Crippen molar-refractivity contribution in [3.8, 4) is 0 Å². The average Bonchev–Trinajstić information content (AvgIpc) is 1.94. The standard InChI is InChI=1S/C8H9Cl2N/c1-5(11)6-3-2-4-7(9)8(6)10/h2-5H,11H2,1H3/t5-/m1/s1. The maximum atomic E-state index is 5.88. The molecule has 0 radical (unpaired) electrons. The fraction of sp³-hybridized carbons (Fsp3) is 0.250. The van der Waals surface area contributed by atoms with Gasteiger partial charge in [-0.15, -0.1) is 0 Å². The molecule has 0 unspecified atom stereocenters. The minimum absolute atomic E-state index is 0.0683. The normalized spacial score (nSPS) is 13.1. The smallest absolute Gasteiger partial charge is 0.0639 e. The summed E-state index contributed by atoms with van der Waals surface area (Å²) in [5.41, 5.74) is 6.53. The molecule has 60 valence electrons. The summed E-state index contributed by atoms with van der Waals surface area (Å²) in [5, 5.41) is 1.12. The van der Waals surface area contributed by atoms with Crippen LogP contribution in [0.2, 0.25) is 10.0 Å². The highest BCUT2D eigenvalue weighted by molar-refractivity contribution is 6.42. The van der Waals surface area contributed by atoms with Crippen LogP contribution >= 0.6 is 23.2 Å². The van der Waals surface area contributed by atoms with E-state index >= 15 is 0 Å². The van der Waals surface area contributed by atoms with Gasteiger partial charge in [0.1, 0.15) is 0 Å². The summed E-state index contributed by atoms with van der Waals surface area (Å²) in [6, 6.07) is 5.39. The summed E-state index contributed by atoms with van der Waals surface area (Å²) in [4.78, 5) is 0. The highest BCUT2D eigenvalue weighted by Crippen LogP contribution is 2.28. The Morgan fingerprint density at radius 1 is 1.36 bits per heavy atom. The summed E-state index contributed by atoms with van der Waals surface area (Å²) in [5.74, 6) is 0. The molecule has 1 aromatic rings. The van der Waals surface area contributed by atoms with Crippen molar-refractivity contribution in [2.24, 2.45) is 5.73 Å². The number of nitrogens with two attached hydrogens (primary N) is 1. The van der Waals surface area contributed by atoms with Gasteiger partial charge in [0, 0.05) is 6.04 Å². The molecular formula is C8H9Cl2N. The largest absolute Gasteiger partial charge is 0.324 e. The molecule has 1 nitrogen and oxygen atoms in total. The van der Waals surface area contributed by atoms with Gasteiger partial charge in [-0.3, -0.25) is 0 Å². The van der Waals surface area contributed by atoms with E-state index in [0.29, 0.717) is 10.0 Å². The van der Waals surface area contributed by atoms with Crippen molar-refractivity contribution in [1.29, 1.82) is 0 Å². The third kappa shape index (κ3) is 1.86. The first-order valence-electron chi connectivity index (χ1n) is 3.32. The molecule has 11 heavy (non-hydrogen) atoms. The second-order valence-corrected chi connectivity index (χ2v) is 3.22. The third-order valence-electron chi connectivity index (χ3n) is 1.47. The molecule has 2 N–H and O–H groups in total. The predicted molar refractivity (Wildman–Crippen MR) is 49.1 cm³/mol. The van der Waals surface area contributed by atoms with Gasteiger partial charge in [0.2, 0.25) is 0 Å². The van der Waals surface area contributed by atoms with Crippen molar-refractivity contribution >= 4 is 23.2 Å². The monoisotopic (exact) mass is 189 g/mol. The van der Waals surface area contributed by atoms with Gasteiger partial charge in [-0.25, -0.2) is 0 Å². The van der Waals surface area contributed by atoms with Crippen LogP contribution in [-0.2, 0) is 0 Å². The van der Waals surface area contributed by atoms with Crippen LogP contribution in [0.25, 0.3) is 0 Å². The first-order chi connectivity index (χ1) is 5.13. The second kappa shape index (κ2) is 3.44. The van der Waals surface area contributed by atoms with E-state index in [-0.39, 0.29) is 6.04 Å². The molecule has 1 atom stereocenters. The van der Waals surface area contributed by atoms with E-state index in [2.05, 4.69) is 0 Å². The molecule has 0 fully saturated rings. The first kappa shape index (κ1) is 8.85. The zero-order valence-electron chi connectivity index (χ0n) is 6.14. The minimum Gasteiger partial charge on any atom is -0.324 e. The molecule has 0 bridgehead atoms. The van der Waals surface area contributed by atoms with Crippen molar-refractivity contribution in [3.63, 3.8) is 0 Å². The molecule has 0 heterocycles. The summed E-state index contributed by atoms with van der Waals surface area (Å²) in [6.07, 6.45) is 0. The topological polar surface area (TPSA) is 26.0 Å². The molecule has 0 amide bonds. The lowest BCUT2D eigenvalue weighted by Crippen LogP contribution is -2.05. The number of hydrogen-bond acceptors (Lipinski definition) is 1. The molecule has 1 rings (SSSR count). The van der Waals surface area contributed by atoms with Gasteiger partial charge in [-0.1, -0.05) is 35.3 Å². The third-order valence-corrected chi connectivity index (χ3v) is 2.31. The highest BCUT2D eigenvalue weighted by Gasteiger charge is 2.06. The molecule has 0 spiro atoms. The Hall–Kier alpha value is -0.240. The number of hydrogen-bond donors (Lipinski definition) is 1. The van der Waals surface area contributed by atoms with Crippen molar-refractivity contribution in [3.05, 3.63) is 33.8 Å². The van der Waals surface area contributed by atoms with E-state index < -0.39 is 0 Å². The Balaban J connectivity index is 3.17. The zero-order valence-corrected chi connectivity index (χ0v) is 7.65. The maximum Gasteiger partial charge on any atom is 0.0639 e. The van der Waals surface area contributed by atoms with Gasteiger partial charge >= 0.3 is 0 Å². The molecule has 0 saturated carbocycles. The highest BCUT2D eigenvalue weighted by atomic mass is 35.5. The van der Waals surface area contributed by atoms with E-state index in [0.717, 1.165) is 5.56 Å². The molecule has 3 heteroatoms. The van der Waals surface area contributed by atoms with Crippen LogP contribution in [0, 0.1) is 0 Å². The van der Waals surface area contributed by atoms with Crippen LogP contribution in [0.15, 0.2) is 18.2 Å². The lowest BCUT2D eigenvalue weighted by molar-refractivity contribution is 0.818. The number of rotatable bonds is 1. The number of halogens is 2. The average molecular weight is 190 g/mol. The van der Waals surface area contributed by atoms with Gasteiger partial charge in [-0.2, -0.15) is 0 Å². The molecule has 1 aromatic carbocycles. The first-order valence-corrected chi connectivity index (χ1v) is 4.08. The maximum absolute atomic E-state index is 5.88. The Morgan fingerprint density at radius 3 is 2.45 bits per heavy atom. The van der Waals surface area contributed by atoms with Gasteiger partial charge in [-0.05, 0) is 18.6 Å². The van der Waals surface area contributed by atoms with Crippen LogP contribution in [0.4, 0.5) is 0 Å². The summed E-state index contributed by atoms with van der Waals surface area (Å²) < 4.78 is 0. The Kier molecular flexibility index (Phi) is 2.77. The molecular weight excluding hydrogens is 181 g/mol. The Morgan fingerprint density at radius 2 is 2.00 bits per heavy atom. The van der Waals surface area contributed by atoms with Crippen molar-refractivity contribution in [1.82, 2.24) is 0 Å². The molecule has 0 aliphatic rings. The quantitative estimate of drug-likeness (QED) is 0.723. The van der Waals surface area contributed by atoms with Crippen molar-refractivity contribution < 1.29 is 0 Å². The lowest BCUT2D eigenvalue weighted by atomic mass is 10.1. The van der Waals surface area contributed by atoms with Crippen molar-refractivity contribution in [2.45, 2.75) is 13.0 Å². The number of benzene rings is 1. The van der Waals surface area contributed by atoms with Crippen LogP contribution in [-0.4, -0.2) is 0 Å². The SMILES string of the molecule is C[C@@H](N)c1cccc(Cl)c1Cl. The lowest BCUT2D eigenvalue weighted by Gasteiger charge is -2.08. The minimum atomic E-state index is -0.0683. The fourth-order valence-electron chi connectivity index (χ4n) is 0.872. The molecule has 0 aliphatic carbocycles. The predicted octanol–water partition coefficient (Wildman–Crippen LogP) is 3.01. The van der Waals surface area contributed by atoms with E-state index in [1.54, 1.807) is 6.07 Å². The van der Waals surface area contributed by atoms with Crippen molar-refractivity contribution in [2.75, 3.05) is 0 Å². The Labute approximate surface area is 76.1 Å². The fourth-order valence-corrected chi connectivity index (χ4v) is 1.35. The van der Waals surface area contributed by atoms with E-state index in [4.69, 9.17) is 28.9 Å². The zero-order chi connectivity index (χ0) is 8.43. The van der Waals surface area contributed by atoms with Gasteiger partial charge in [0.15, 0.2) is 0 Å². The van der Waals surface area contributed by atoms with E-state index in [1.807, 2.05) is 19.1 Å². The van der Waals surface area contributed by atoms with Gasteiger partial charge < -0.3 is 5.73 Å². The van der Waals surface area contributed by atoms with E-state index in [1.165, 1.54) is 0 Å². The Bertz CT molecular complexity index is 258.